The van der Waals surface area contributed by atoms with Gasteiger partial charge in [-0.1, -0.05) is 29.8 Å². The average molecular weight is 316 g/mol. The summed E-state index contributed by atoms with van der Waals surface area (Å²) in [5.74, 6) is 1.32. The third-order valence-electron chi connectivity index (χ3n) is 3.02. The predicted octanol–water partition coefficient (Wildman–Crippen LogP) is 3.25. The van der Waals surface area contributed by atoms with Crippen molar-refractivity contribution >= 4 is 15.9 Å². The number of aliphatic hydroxyl groups is 1. The van der Waals surface area contributed by atoms with Crippen LogP contribution in [0.1, 0.15) is 38.3 Å². The molecule has 4 heteroatoms. The van der Waals surface area contributed by atoms with Crippen molar-refractivity contribution in [2.45, 2.75) is 38.8 Å². The smallest absolute Gasteiger partial charge is 0.119 e. The standard InChI is InChI=1S/C14H22BrNO2/c1-9(2)4-7-13(17)14(16)11-8-10(18-3)5-6-12(11)15/h5-6,8-9,13-14,17H,4,7,16H2,1-3H3/t13-,14+/m1/s1. The molecule has 0 bridgehead atoms. The molecule has 0 aliphatic carbocycles. The zero-order valence-corrected chi connectivity index (χ0v) is 12.8. The zero-order chi connectivity index (χ0) is 13.7. The second kappa shape index (κ2) is 7.12. The number of rotatable bonds is 6. The minimum atomic E-state index is -0.532. The second-order valence-corrected chi connectivity index (χ2v) is 5.81. The Morgan fingerprint density at radius 1 is 1.33 bits per heavy atom. The Balaban J connectivity index is 2.78. The molecule has 0 heterocycles. The monoisotopic (exact) mass is 315 g/mol. The van der Waals surface area contributed by atoms with Gasteiger partial charge in [-0.15, -0.1) is 0 Å². The molecule has 0 amide bonds. The highest BCUT2D eigenvalue weighted by atomic mass is 79.9. The summed E-state index contributed by atoms with van der Waals surface area (Å²) in [5, 5.41) is 10.1. The van der Waals surface area contributed by atoms with Gasteiger partial charge in [-0.3, -0.25) is 0 Å². The fraction of sp³-hybridized carbons (Fsp3) is 0.571. The summed E-state index contributed by atoms with van der Waals surface area (Å²) in [6, 6.07) is 5.23. The zero-order valence-electron chi connectivity index (χ0n) is 11.2. The van der Waals surface area contributed by atoms with Crippen LogP contribution in [-0.4, -0.2) is 18.3 Å². The highest BCUT2D eigenvalue weighted by Crippen LogP contribution is 2.29. The van der Waals surface area contributed by atoms with Crippen molar-refractivity contribution < 1.29 is 9.84 Å². The molecule has 0 saturated carbocycles. The lowest BCUT2D eigenvalue weighted by atomic mass is 9.96. The van der Waals surface area contributed by atoms with E-state index in [2.05, 4.69) is 29.8 Å². The molecule has 0 fully saturated rings. The van der Waals surface area contributed by atoms with E-state index in [1.807, 2.05) is 18.2 Å². The van der Waals surface area contributed by atoms with Crippen LogP contribution >= 0.6 is 15.9 Å². The summed E-state index contributed by atoms with van der Waals surface area (Å²) >= 11 is 3.46. The topological polar surface area (TPSA) is 55.5 Å². The van der Waals surface area contributed by atoms with Crippen LogP contribution in [-0.2, 0) is 0 Å². The fourth-order valence-electron chi connectivity index (χ4n) is 1.80. The third-order valence-corrected chi connectivity index (χ3v) is 3.74. The molecule has 0 aliphatic rings. The number of nitrogens with two attached hydrogens (primary N) is 1. The van der Waals surface area contributed by atoms with Gasteiger partial charge in [0, 0.05) is 4.47 Å². The quantitative estimate of drug-likeness (QED) is 0.847. The van der Waals surface area contributed by atoms with Crippen LogP contribution in [0.25, 0.3) is 0 Å². The molecule has 1 aromatic rings. The SMILES string of the molecule is COc1ccc(Br)c([C@H](N)[C@H](O)CCC(C)C)c1. The minimum Gasteiger partial charge on any atom is -0.497 e. The largest absolute Gasteiger partial charge is 0.497 e. The van der Waals surface area contributed by atoms with E-state index in [4.69, 9.17) is 10.5 Å². The number of methoxy groups -OCH3 is 1. The number of hydrogen-bond donors (Lipinski definition) is 2. The normalized spacial score (nSPS) is 14.6. The van der Waals surface area contributed by atoms with Crippen molar-refractivity contribution in [3.63, 3.8) is 0 Å². The van der Waals surface area contributed by atoms with Crippen LogP contribution in [0.2, 0.25) is 0 Å². The summed E-state index contributed by atoms with van der Waals surface area (Å²) in [6.45, 7) is 4.28. The number of hydrogen-bond acceptors (Lipinski definition) is 3. The van der Waals surface area contributed by atoms with Crippen LogP contribution in [0.5, 0.6) is 5.75 Å². The van der Waals surface area contributed by atoms with Crippen LogP contribution in [0.4, 0.5) is 0 Å². The first-order valence-corrected chi connectivity index (χ1v) is 7.02. The number of halogens is 1. The molecule has 1 aromatic carbocycles. The predicted molar refractivity (Wildman–Crippen MR) is 77.7 cm³/mol. The molecule has 0 spiro atoms. The lowest BCUT2D eigenvalue weighted by Crippen LogP contribution is -2.26. The second-order valence-electron chi connectivity index (χ2n) is 4.95. The fourth-order valence-corrected chi connectivity index (χ4v) is 2.31. The van der Waals surface area contributed by atoms with Gasteiger partial charge in [0.15, 0.2) is 0 Å². The van der Waals surface area contributed by atoms with E-state index in [0.29, 0.717) is 12.3 Å². The molecule has 3 N–H and O–H groups in total. The summed E-state index contributed by atoms with van der Waals surface area (Å²) in [4.78, 5) is 0. The Kier molecular flexibility index (Phi) is 6.12. The van der Waals surface area contributed by atoms with E-state index in [-0.39, 0.29) is 0 Å². The summed E-state index contributed by atoms with van der Waals surface area (Å²) < 4.78 is 6.08. The van der Waals surface area contributed by atoms with Crippen molar-refractivity contribution in [3.8, 4) is 5.75 Å². The Morgan fingerprint density at radius 3 is 2.56 bits per heavy atom. The van der Waals surface area contributed by atoms with Gasteiger partial charge in [0.05, 0.1) is 19.3 Å². The minimum absolute atomic E-state index is 0.395. The van der Waals surface area contributed by atoms with Gasteiger partial charge in [-0.2, -0.15) is 0 Å². The van der Waals surface area contributed by atoms with Crippen molar-refractivity contribution in [1.82, 2.24) is 0 Å². The molecular weight excluding hydrogens is 294 g/mol. The van der Waals surface area contributed by atoms with Gasteiger partial charge in [-0.25, -0.2) is 0 Å². The van der Waals surface area contributed by atoms with Gasteiger partial charge in [0.25, 0.3) is 0 Å². The third kappa shape index (κ3) is 4.26. The molecule has 0 saturated heterocycles. The van der Waals surface area contributed by atoms with Crippen LogP contribution in [0.15, 0.2) is 22.7 Å². The first-order chi connectivity index (χ1) is 8.45. The summed E-state index contributed by atoms with van der Waals surface area (Å²) in [6.07, 6.45) is 1.15. The Hall–Kier alpha value is -0.580. The van der Waals surface area contributed by atoms with Crippen molar-refractivity contribution in [1.29, 1.82) is 0 Å². The van der Waals surface area contributed by atoms with E-state index < -0.39 is 12.1 Å². The maximum atomic E-state index is 10.1. The first kappa shape index (κ1) is 15.5. The van der Waals surface area contributed by atoms with Crippen molar-refractivity contribution in [3.05, 3.63) is 28.2 Å². The van der Waals surface area contributed by atoms with E-state index >= 15 is 0 Å². The Labute approximate surface area is 117 Å². The van der Waals surface area contributed by atoms with Crippen LogP contribution < -0.4 is 10.5 Å². The molecule has 1 rings (SSSR count). The van der Waals surface area contributed by atoms with E-state index in [1.165, 1.54) is 0 Å². The van der Waals surface area contributed by atoms with E-state index in [0.717, 1.165) is 22.2 Å². The maximum Gasteiger partial charge on any atom is 0.119 e. The maximum absolute atomic E-state index is 10.1. The summed E-state index contributed by atoms with van der Waals surface area (Å²) in [7, 11) is 1.62. The van der Waals surface area contributed by atoms with E-state index in [9.17, 15) is 5.11 Å². The molecule has 3 nitrogen and oxygen atoms in total. The van der Waals surface area contributed by atoms with Gasteiger partial charge >= 0.3 is 0 Å². The lowest BCUT2D eigenvalue weighted by molar-refractivity contribution is 0.128. The number of aliphatic hydroxyl groups excluding tert-OH is 1. The first-order valence-electron chi connectivity index (χ1n) is 6.22. The van der Waals surface area contributed by atoms with Gasteiger partial charge in [-0.05, 0) is 42.5 Å². The van der Waals surface area contributed by atoms with Crippen molar-refractivity contribution in [2.24, 2.45) is 11.7 Å². The van der Waals surface area contributed by atoms with Crippen LogP contribution in [0.3, 0.4) is 0 Å². The van der Waals surface area contributed by atoms with Crippen LogP contribution in [0, 0.1) is 5.92 Å². The highest BCUT2D eigenvalue weighted by Gasteiger charge is 2.19. The molecule has 18 heavy (non-hydrogen) atoms. The Morgan fingerprint density at radius 2 is 2.00 bits per heavy atom. The molecule has 0 radical (unpaired) electrons. The average Bonchev–Trinajstić information content (AvgIpc) is 2.35. The van der Waals surface area contributed by atoms with Crippen molar-refractivity contribution in [2.75, 3.05) is 7.11 Å². The molecule has 0 aromatic heterocycles. The highest BCUT2D eigenvalue weighted by molar-refractivity contribution is 9.10. The molecule has 102 valence electrons. The number of ether oxygens (including phenoxy) is 1. The molecule has 2 atom stereocenters. The number of benzene rings is 1. The Bertz CT molecular complexity index is 382. The van der Waals surface area contributed by atoms with E-state index in [1.54, 1.807) is 7.11 Å². The molecular formula is C14H22BrNO2. The molecule has 0 unspecified atom stereocenters. The van der Waals surface area contributed by atoms with Gasteiger partial charge in [0.1, 0.15) is 5.75 Å². The lowest BCUT2D eigenvalue weighted by Gasteiger charge is -2.21. The van der Waals surface area contributed by atoms with Gasteiger partial charge in [0.2, 0.25) is 0 Å². The molecule has 0 aliphatic heterocycles. The van der Waals surface area contributed by atoms with Gasteiger partial charge < -0.3 is 15.6 Å². The summed E-state index contributed by atoms with van der Waals surface area (Å²) in [5.41, 5.74) is 6.99.